The summed E-state index contributed by atoms with van der Waals surface area (Å²) in [6.07, 6.45) is 0. The van der Waals surface area contributed by atoms with Crippen molar-refractivity contribution in [2.45, 2.75) is 5.92 Å². The van der Waals surface area contributed by atoms with Gasteiger partial charge in [-0.05, 0) is 23.8 Å². The first-order chi connectivity index (χ1) is 14.9. The number of hydrogen-bond acceptors (Lipinski definition) is 6. The zero-order chi connectivity index (χ0) is 22.3. The number of methoxy groups -OCH3 is 3. The molecular formula is C21H20ClN3O6. The number of nitrogens with zero attached hydrogens (tertiary/aromatic N) is 2. The van der Waals surface area contributed by atoms with E-state index in [1.54, 1.807) is 18.2 Å². The number of anilines is 1. The van der Waals surface area contributed by atoms with E-state index in [0.29, 0.717) is 52.0 Å². The lowest BCUT2D eigenvalue weighted by Crippen LogP contribution is -2.30. The average Bonchev–Trinajstić information content (AvgIpc) is 3.37. The third-order valence-corrected chi connectivity index (χ3v) is 5.81. The highest BCUT2D eigenvalue weighted by Crippen LogP contribution is 2.44. The van der Waals surface area contributed by atoms with E-state index in [2.05, 4.69) is 4.98 Å². The van der Waals surface area contributed by atoms with Gasteiger partial charge in [-0.2, -0.15) is 0 Å². The summed E-state index contributed by atoms with van der Waals surface area (Å²) >= 11 is 6.10. The van der Waals surface area contributed by atoms with Crippen molar-refractivity contribution in [3.63, 3.8) is 0 Å². The van der Waals surface area contributed by atoms with Crippen LogP contribution in [0.2, 0.25) is 0 Å². The summed E-state index contributed by atoms with van der Waals surface area (Å²) in [4.78, 5) is 28.8. The molecule has 3 aromatic rings. The van der Waals surface area contributed by atoms with Crippen LogP contribution in [-0.4, -0.2) is 49.6 Å². The standard InChI is InChI=1S/C21H20ClN3O6/c1-29-17-7-11-6-15(23-18(11)20(31-3)19(17)30-2)21(26)24-10-12(9-22)14-5-4-13(25(27)28)8-16(14)24/h4-8,12,23H,9-10H2,1-3H3. The summed E-state index contributed by atoms with van der Waals surface area (Å²) in [6.45, 7) is 0.331. The van der Waals surface area contributed by atoms with E-state index >= 15 is 0 Å². The Hall–Kier alpha value is -3.46. The largest absolute Gasteiger partial charge is 0.493 e. The molecule has 1 atom stereocenters. The second kappa shape index (κ2) is 7.99. The van der Waals surface area contributed by atoms with Gasteiger partial charge in [0.2, 0.25) is 5.75 Å². The van der Waals surface area contributed by atoms with Gasteiger partial charge in [0.25, 0.3) is 11.6 Å². The molecular weight excluding hydrogens is 426 g/mol. The van der Waals surface area contributed by atoms with Crippen LogP contribution >= 0.6 is 11.6 Å². The normalized spacial score (nSPS) is 15.1. The van der Waals surface area contributed by atoms with E-state index in [1.807, 2.05) is 0 Å². The van der Waals surface area contributed by atoms with Crippen molar-refractivity contribution in [3.8, 4) is 17.2 Å². The van der Waals surface area contributed by atoms with Crippen molar-refractivity contribution in [2.75, 3.05) is 38.7 Å². The van der Waals surface area contributed by atoms with Crippen molar-refractivity contribution < 1.29 is 23.9 Å². The van der Waals surface area contributed by atoms with Crippen LogP contribution in [0.15, 0.2) is 30.3 Å². The summed E-state index contributed by atoms with van der Waals surface area (Å²) < 4.78 is 16.3. The molecule has 1 aliphatic heterocycles. The van der Waals surface area contributed by atoms with Crippen molar-refractivity contribution in [3.05, 3.63) is 51.7 Å². The van der Waals surface area contributed by atoms with Crippen molar-refractivity contribution in [1.29, 1.82) is 0 Å². The minimum atomic E-state index is -0.483. The van der Waals surface area contributed by atoms with Gasteiger partial charge >= 0.3 is 0 Å². The first-order valence-electron chi connectivity index (χ1n) is 9.41. The maximum atomic E-state index is 13.4. The summed E-state index contributed by atoms with van der Waals surface area (Å²) in [5.41, 5.74) is 2.10. The van der Waals surface area contributed by atoms with E-state index in [4.69, 9.17) is 25.8 Å². The van der Waals surface area contributed by atoms with Gasteiger partial charge in [-0.25, -0.2) is 0 Å². The number of hydrogen-bond donors (Lipinski definition) is 1. The third kappa shape index (κ3) is 3.31. The second-order valence-corrected chi connectivity index (χ2v) is 7.37. The molecule has 0 radical (unpaired) electrons. The number of benzene rings is 2. The summed E-state index contributed by atoms with van der Waals surface area (Å²) in [5, 5.41) is 11.9. The topological polar surface area (TPSA) is 107 Å². The number of aromatic amines is 1. The molecule has 10 heteroatoms. The Bertz CT molecular complexity index is 1190. The fraction of sp³-hybridized carbons (Fsp3) is 0.286. The molecule has 0 bridgehead atoms. The molecule has 0 saturated heterocycles. The minimum absolute atomic E-state index is 0.0837. The lowest BCUT2D eigenvalue weighted by atomic mass is 10.0. The van der Waals surface area contributed by atoms with Gasteiger partial charge in [-0.3, -0.25) is 14.9 Å². The quantitative estimate of drug-likeness (QED) is 0.348. The molecule has 0 fully saturated rings. The number of aromatic nitrogens is 1. The number of ether oxygens (including phenoxy) is 3. The molecule has 1 aromatic heterocycles. The number of H-pyrrole nitrogens is 1. The molecule has 0 spiro atoms. The van der Waals surface area contributed by atoms with Crippen LogP contribution < -0.4 is 19.1 Å². The maximum Gasteiger partial charge on any atom is 0.274 e. The SMILES string of the molecule is COc1cc2cc(C(=O)N3CC(CCl)c4ccc([N+](=O)[O-])cc43)[nH]c2c(OC)c1OC. The van der Waals surface area contributed by atoms with E-state index in [-0.39, 0.29) is 17.5 Å². The van der Waals surface area contributed by atoms with E-state index < -0.39 is 4.92 Å². The van der Waals surface area contributed by atoms with Crippen molar-refractivity contribution in [1.82, 2.24) is 4.98 Å². The van der Waals surface area contributed by atoms with Crippen molar-refractivity contribution >= 4 is 39.8 Å². The summed E-state index contributed by atoms with van der Waals surface area (Å²) in [5.74, 6) is 1.14. The molecule has 162 valence electrons. The van der Waals surface area contributed by atoms with Crippen LogP contribution in [0, 0.1) is 10.1 Å². The fourth-order valence-electron chi connectivity index (χ4n) is 3.97. The summed E-state index contributed by atoms with van der Waals surface area (Å²) in [7, 11) is 4.52. The first kappa shape index (κ1) is 20.8. The van der Waals surface area contributed by atoms with Crippen LogP contribution in [0.3, 0.4) is 0 Å². The Morgan fingerprint density at radius 2 is 1.94 bits per heavy atom. The van der Waals surface area contributed by atoms with E-state index in [9.17, 15) is 14.9 Å². The Labute approximate surface area is 182 Å². The Morgan fingerprint density at radius 3 is 2.55 bits per heavy atom. The molecule has 9 nitrogen and oxygen atoms in total. The summed E-state index contributed by atoms with van der Waals surface area (Å²) in [6, 6.07) is 7.94. The number of amides is 1. The molecule has 0 saturated carbocycles. The second-order valence-electron chi connectivity index (χ2n) is 7.06. The number of nitro groups is 1. The monoisotopic (exact) mass is 445 g/mol. The number of rotatable bonds is 6. The fourth-order valence-corrected chi connectivity index (χ4v) is 4.23. The predicted octanol–water partition coefficient (Wildman–Crippen LogP) is 4.08. The molecule has 2 heterocycles. The first-order valence-corrected chi connectivity index (χ1v) is 9.94. The molecule has 1 N–H and O–H groups in total. The average molecular weight is 446 g/mol. The van der Waals surface area contributed by atoms with Gasteiger partial charge in [-0.15, -0.1) is 11.6 Å². The van der Waals surface area contributed by atoms with Gasteiger partial charge in [0.05, 0.1) is 37.5 Å². The number of alkyl halides is 1. The van der Waals surface area contributed by atoms with Crippen LogP contribution in [0.5, 0.6) is 17.2 Å². The predicted molar refractivity (Wildman–Crippen MR) is 116 cm³/mol. The Balaban J connectivity index is 1.80. The number of nitro benzene ring substituents is 1. The molecule has 4 rings (SSSR count). The van der Waals surface area contributed by atoms with Crippen LogP contribution in [0.25, 0.3) is 10.9 Å². The Kier molecular flexibility index (Phi) is 5.36. The van der Waals surface area contributed by atoms with Crippen LogP contribution in [-0.2, 0) is 0 Å². The number of carbonyl (C=O) groups is 1. The number of non-ortho nitro benzene ring substituents is 1. The van der Waals surface area contributed by atoms with E-state index in [0.717, 1.165) is 5.56 Å². The number of nitrogens with one attached hydrogen (secondary N) is 1. The lowest BCUT2D eigenvalue weighted by molar-refractivity contribution is -0.384. The number of halogens is 1. The molecule has 31 heavy (non-hydrogen) atoms. The van der Waals surface area contributed by atoms with Gasteiger partial charge in [0, 0.05) is 35.9 Å². The van der Waals surface area contributed by atoms with Gasteiger partial charge in [-0.1, -0.05) is 0 Å². The zero-order valence-corrected chi connectivity index (χ0v) is 17.9. The molecule has 1 amide bonds. The van der Waals surface area contributed by atoms with Gasteiger partial charge in [0.15, 0.2) is 11.5 Å². The number of fused-ring (bicyclic) bond motifs is 2. The molecule has 1 aliphatic rings. The zero-order valence-electron chi connectivity index (χ0n) is 17.1. The van der Waals surface area contributed by atoms with E-state index in [1.165, 1.54) is 38.4 Å². The highest BCUT2D eigenvalue weighted by atomic mass is 35.5. The van der Waals surface area contributed by atoms with Gasteiger partial charge < -0.3 is 24.1 Å². The highest BCUT2D eigenvalue weighted by Gasteiger charge is 2.34. The third-order valence-electron chi connectivity index (χ3n) is 5.44. The van der Waals surface area contributed by atoms with Crippen molar-refractivity contribution in [2.24, 2.45) is 0 Å². The van der Waals surface area contributed by atoms with Gasteiger partial charge in [0.1, 0.15) is 5.69 Å². The molecule has 0 aliphatic carbocycles. The highest BCUT2D eigenvalue weighted by molar-refractivity contribution is 6.19. The molecule has 1 unspecified atom stereocenters. The lowest BCUT2D eigenvalue weighted by Gasteiger charge is -2.16. The minimum Gasteiger partial charge on any atom is -0.493 e. The number of carbonyl (C=O) groups excluding carboxylic acids is 1. The maximum absolute atomic E-state index is 13.4. The smallest absolute Gasteiger partial charge is 0.274 e. The van der Waals surface area contributed by atoms with Crippen LogP contribution in [0.1, 0.15) is 22.0 Å². The van der Waals surface area contributed by atoms with Crippen LogP contribution in [0.4, 0.5) is 11.4 Å². The molecule has 2 aromatic carbocycles. The Morgan fingerprint density at radius 1 is 1.19 bits per heavy atom.